The molecule has 1 heterocycles. The van der Waals surface area contributed by atoms with Crippen LogP contribution in [0.15, 0.2) is 53.9 Å². The SMILES string of the molecule is CCc1ccc(NC(=O)Nc2cccc(-c3csc(C)n3)c2)cc1. The summed E-state index contributed by atoms with van der Waals surface area (Å²) in [7, 11) is 0. The summed E-state index contributed by atoms with van der Waals surface area (Å²) in [5.41, 5.74) is 4.67. The summed E-state index contributed by atoms with van der Waals surface area (Å²) in [5.74, 6) is 0. The van der Waals surface area contributed by atoms with Crippen molar-refractivity contribution in [3.05, 3.63) is 64.5 Å². The third-order valence-corrected chi connectivity index (χ3v) is 4.43. The molecule has 3 rings (SSSR count). The minimum Gasteiger partial charge on any atom is -0.308 e. The minimum absolute atomic E-state index is 0.258. The lowest BCUT2D eigenvalue weighted by atomic mass is 10.1. The van der Waals surface area contributed by atoms with Crippen molar-refractivity contribution in [3.8, 4) is 11.3 Å². The van der Waals surface area contributed by atoms with Gasteiger partial charge in [0.15, 0.2) is 0 Å². The molecule has 0 spiro atoms. The van der Waals surface area contributed by atoms with E-state index in [0.717, 1.165) is 34.1 Å². The Balaban J connectivity index is 1.67. The molecule has 4 nitrogen and oxygen atoms in total. The van der Waals surface area contributed by atoms with Crippen LogP contribution in [0.2, 0.25) is 0 Å². The maximum atomic E-state index is 12.2. The number of thiazole rings is 1. The van der Waals surface area contributed by atoms with Crippen molar-refractivity contribution in [2.75, 3.05) is 10.6 Å². The van der Waals surface area contributed by atoms with Gasteiger partial charge in [-0.1, -0.05) is 31.2 Å². The number of urea groups is 1. The molecule has 0 unspecified atom stereocenters. The predicted molar refractivity (Wildman–Crippen MR) is 101 cm³/mol. The van der Waals surface area contributed by atoms with Crippen LogP contribution in [0.3, 0.4) is 0 Å². The first kappa shape index (κ1) is 16.2. The van der Waals surface area contributed by atoms with Crippen molar-refractivity contribution in [2.45, 2.75) is 20.3 Å². The number of carbonyl (C=O) groups is 1. The molecule has 0 aliphatic rings. The highest BCUT2D eigenvalue weighted by molar-refractivity contribution is 7.09. The van der Waals surface area contributed by atoms with Crippen molar-refractivity contribution < 1.29 is 4.79 Å². The van der Waals surface area contributed by atoms with Gasteiger partial charge in [-0.2, -0.15) is 0 Å². The van der Waals surface area contributed by atoms with E-state index in [-0.39, 0.29) is 6.03 Å². The van der Waals surface area contributed by atoms with Gasteiger partial charge in [0.1, 0.15) is 0 Å². The number of nitrogens with zero attached hydrogens (tertiary/aromatic N) is 1. The number of hydrogen-bond acceptors (Lipinski definition) is 3. The number of carbonyl (C=O) groups excluding carboxylic acids is 1. The summed E-state index contributed by atoms with van der Waals surface area (Å²) < 4.78 is 0. The molecule has 24 heavy (non-hydrogen) atoms. The quantitative estimate of drug-likeness (QED) is 0.676. The fourth-order valence-corrected chi connectivity index (χ4v) is 2.99. The molecular weight excluding hydrogens is 318 g/mol. The molecule has 3 aromatic rings. The van der Waals surface area contributed by atoms with Crippen LogP contribution in [-0.4, -0.2) is 11.0 Å². The highest BCUT2D eigenvalue weighted by Crippen LogP contribution is 2.24. The summed E-state index contributed by atoms with van der Waals surface area (Å²) in [6.45, 7) is 4.08. The molecule has 2 aromatic carbocycles. The Labute approximate surface area is 145 Å². The monoisotopic (exact) mass is 337 g/mol. The number of amides is 2. The molecule has 0 aliphatic carbocycles. The Bertz CT molecular complexity index is 840. The Kier molecular flexibility index (Phi) is 4.91. The number of nitrogens with one attached hydrogen (secondary N) is 2. The molecule has 1 aromatic heterocycles. The van der Waals surface area contributed by atoms with Gasteiger partial charge in [0.2, 0.25) is 0 Å². The lowest BCUT2D eigenvalue weighted by molar-refractivity contribution is 0.262. The standard InChI is InChI=1S/C19H19N3OS/c1-3-14-7-9-16(10-8-14)21-19(23)22-17-6-4-5-15(11-17)18-12-24-13(2)20-18/h4-12H,3H2,1-2H3,(H2,21,22,23). The second kappa shape index (κ2) is 7.27. The molecule has 122 valence electrons. The largest absolute Gasteiger partial charge is 0.323 e. The van der Waals surface area contributed by atoms with Crippen LogP contribution in [0.1, 0.15) is 17.5 Å². The molecular formula is C19H19N3OS. The minimum atomic E-state index is -0.258. The third-order valence-electron chi connectivity index (χ3n) is 3.66. The summed E-state index contributed by atoms with van der Waals surface area (Å²) in [6.07, 6.45) is 0.982. The van der Waals surface area contributed by atoms with Crippen LogP contribution in [0.4, 0.5) is 16.2 Å². The average Bonchev–Trinajstić information content (AvgIpc) is 3.02. The molecule has 0 fully saturated rings. The fourth-order valence-electron chi connectivity index (χ4n) is 2.37. The van der Waals surface area contributed by atoms with E-state index in [1.165, 1.54) is 5.56 Å². The van der Waals surface area contributed by atoms with Crippen molar-refractivity contribution >= 4 is 28.7 Å². The number of anilines is 2. The van der Waals surface area contributed by atoms with E-state index in [1.54, 1.807) is 11.3 Å². The molecule has 2 amide bonds. The van der Waals surface area contributed by atoms with Crippen LogP contribution in [-0.2, 0) is 6.42 Å². The molecule has 0 saturated carbocycles. The van der Waals surface area contributed by atoms with Crippen LogP contribution in [0.5, 0.6) is 0 Å². The number of benzene rings is 2. The van der Waals surface area contributed by atoms with E-state index >= 15 is 0 Å². The molecule has 0 bridgehead atoms. The maximum absolute atomic E-state index is 12.2. The zero-order valence-corrected chi connectivity index (χ0v) is 14.5. The first-order chi connectivity index (χ1) is 11.6. The number of aryl methyl sites for hydroxylation is 2. The predicted octanol–water partition coefficient (Wildman–Crippen LogP) is 5.32. The molecule has 0 aliphatic heterocycles. The molecule has 5 heteroatoms. The highest BCUT2D eigenvalue weighted by atomic mass is 32.1. The fraction of sp³-hybridized carbons (Fsp3) is 0.158. The summed E-state index contributed by atoms with van der Waals surface area (Å²) in [6, 6.07) is 15.3. The van der Waals surface area contributed by atoms with Crippen LogP contribution in [0.25, 0.3) is 11.3 Å². The van der Waals surface area contributed by atoms with Gasteiger partial charge in [-0.25, -0.2) is 9.78 Å². The van der Waals surface area contributed by atoms with Gasteiger partial charge in [-0.3, -0.25) is 0 Å². The van der Waals surface area contributed by atoms with Gasteiger partial charge in [0, 0.05) is 22.3 Å². The molecule has 2 N–H and O–H groups in total. The highest BCUT2D eigenvalue weighted by Gasteiger charge is 2.06. The lowest BCUT2D eigenvalue weighted by Crippen LogP contribution is -2.19. The van der Waals surface area contributed by atoms with Crippen molar-refractivity contribution in [3.63, 3.8) is 0 Å². The smallest absolute Gasteiger partial charge is 0.308 e. The van der Waals surface area contributed by atoms with Gasteiger partial charge in [0.25, 0.3) is 0 Å². The van der Waals surface area contributed by atoms with E-state index in [1.807, 2.05) is 60.8 Å². The molecule has 0 radical (unpaired) electrons. The Morgan fingerprint density at radius 2 is 1.83 bits per heavy atom. The summed E-state index contributed by atoms with van der Waals surface area (Å²) in [5, 5.41) is 8.75. The Hall–Kier alpha value is -2.66. The number of rotatable bonds is 4. The van der Waals surface area contributed by atoms with Crippen LogP contribution < -0.4 is 10.6 Å². The number of hydrogen-bond donors (Lipinski definition) is 2. The average molecular weight is 337 g/mol. The van der Waals surface area contributed by atoms with Gasteiger partial charge in [0.05, 0.1) is 10.7 Å². The van der Waals surface area contributed by atoms with Crippen molar-refractivity contribution in [1.82, 2.24) is 4.98 Å². The molecule has 0 atom stereocenters. The van der Waals surface area contributed by atoms with Crippen molar-refractivity contribution in [2.24, 2.45) is 0 Å². The molecule has 0 saturated heterocycles. The van der Waals surface area contributed by atoms with Gasteiger partial charge in [-0.05, 0) is 43.2 Å². The van der Waals surface area contributed by atoms with Crippen LogP contribution in [0, 0.1) is 6.92 Å². The van der Waals surface area contributed by atoms with Crippen LogP contribution >= 0.6 is 11.3 Å². The summed E-state index contributed by atoms with van der Waals surface area (Å²) in [4.78, 5) is 16.6. The summed E-state index contributed by atoms with van der Waals surface area (Å²) >= 11 is 1.61. The normalized spacial score (nSPS) is 10.4. The Morgan fingerprint density at radius 3 is 2.50 bits per heavy atom. The zero-order valence-electron chi connectivity index (χ0n) is 13.7. The Morgan fingerprint density at radius 1 is 1.08 bits per heavy atom. The van der Waals surface area contributed by atoms with E-state index in [2.05, 4.69) is 22.5 Å². The first-order valence-electron chi connectivity index (χ1n) is 7.83. The van der Waals surface area contributed by atoms with Gasteiger partial charge < -0.3 is 10.6 Å². The van der Waals surface area contributed by atoms with Gasteiger partial charge >= 0.3 is 6.03 Å². The maximum Gasteiger partial charge on any atom is 0.323 e. The topological polar surface area (TPSA) is 54.0 Å². The van der Waals surface area contributed by atoms with Gasteiger partial charge in [-0.15, -0.1) is 11.3 Å². The van der Waals surface area contributed by atoms with E-state index in [4.69, 9.17) is 0 Å². The van der Waals surface area contributed by atoms with E-state index < -0.39 is 0 Å². The first-order valence-corrected chi connectivity index (χ1v) is 8.71. The number of aromatic nitrogens is 1. The third kappa shape index (κ3) is 4.00. The van der Waals surface area contributed by atoms with E-state index in [0.29, 0.717) is 0 Å². The zero-order chi connectivity index (χ0) is 16.9. The second-order valence-electron chi connectivity index (χ2n) is 5.46. The lowest BCUT2D eigenvalue weighted by Gasteiger charge is -2.09. The second-order valence-corrected chi connectivity index (χ2v) is 6.52. The van der Waals surface area contributed by atoms with E-state index in [9.17, 15) is 4.79 Å². The van der Waals surface area contributed by atoms with Crippen molar-refractivity contribution in [1.29, 1.82) is 0 Å².